The number of hydrogen-bond acceptors (Lipinski definition) is 5. The summed E-state index contributed by atoms with van der Waals surface area (Å²) in [6.45, 7) is 0. The average molecular weight is 442 g/mol. The van der Waals surface area contributed by atoms with Gasteiger partial charge in [-0.15, -0.1) is 11.8 Å². The second-order valence-electron chi connectivity index (χ2n) is 6.13. The Morgan fingerprint density at radius 1 is 0.933 bits per heavy atom. The Labute approximate surface area is 181 Å². The monoisotopic (exact) mass is 441 g/mol. The number of nitro groups is 1. The normalized spacial score (nSPS) is 10.3. The molecule has 0 fully saturated rings. The van der Waals surface area contributed by atoms with Crippen LogP contribution in [0, 0.1) is 10.1 Å². The molecule has 30 heavy (non-hydrogen) atoms. The summed E-state index contributed by atoms with van der Waals surface area (Å²) < 4.78 is 0. The van der Waals surface area contributed by atoms with Crippen molar-refractivity contribution in [3.05, 3.63) is 93.5 Å². The molecule has 0 heterocycles. The van der Waals surface area contributed by atoms with Gasteiger partial charge in [-0.2, -0.15) is 0 Å². The van der Waals surface area contributed by atoms with Gasteiger partial charge in [0, 0.05) is 39.0 Å². The zero-order valence-corrected chi connectivity index (χ0v) is 17.1. The maximum absolute atomic E-state index is 12.2. The standard InChI is InChI=1S/C21H16ClN3O4S/c22-15-3-1-2-14(12-15)21(27)24-17-6-10-19(11-7-17)30-13-20(26)23-16-4-8-18(9-5-16)25(28)29/h1-12H,13H2,(H,23,26)(H,24,27). The van der Waals surface area contributed by atoms with E-state index >= 15 is 0 Å². The Balaban J connectivity index is 1.49. The highest BCUT2D eigenvalue weighted by molar-refractivity contribution is 8.00. The molecular formula is C21H16ClN3O4S. The summed E-state index contributed by atoms with van der Waals surface area (Å²) in [5, 5.41) is 16.6. The minimum absolute atomic E-state index is 0.0371. The molecular weight excluding hydrogens is 426 g/mol. The molecule has 152 valence electrons. The molecule has 0 radical (unpaired) electrons. The van der Waals surface area contributed by atoms with Crippen LogP contribution in [0.3, 0.4) is 0 Å². The van der Waals surface area contributed by atoms with E-state index in [0.29, 0.717) is 22.0 Å². The molecule has 0 aliphatic rings. The maximum atomic E-state index is 12.2. The molecule has 0 aliphatic heterocycles. The SMILES string of the molecule is O=C(CSc1ccc(NC(=O)c2cccc(Cl)c2)cc1)Nc1ccc([N+](=O)[O-])cc1. The molecule has 0 saturated carbocycles. The van der Waals surface area contributed by atoms with Crippen molar-refractivity contribution in [2.24, 2.45) is 0 Å². The minimum atomic E-state index is -0.497. The number of thioether (sulfide) groups is 1. The first-order chi connectivity index (χ1) is 14.4. The lowest BCUT2D eigenvalue weighted by molar-refractivity contribution is -0.384. The van der Waals surface area contributed by atoms with E-state index in [1.54, 1.807) is 48.5 Å². The highest BCUT2D eigenvalue weighted by atomic mass is 35.5. The van der Waals surface area contributed by atoms with Gasteiger partial charge in [0.2, 0.25) is 5.91 Å². The van der Waals surface area contributed by atoms with Crippen molar-refractivity contribution in [1.29, 1.82) is 0 Å². The smallest absolute Gasteiger partial charge is 0.269 e. The number of carbonyl (C=O) groups excluding carboxylic acids is 2. The van der Waals surface area contributed by atoms with Crippen molar-refractivity contribution < 1.29 is 14.5 Å². The molecule has 0 unspecified atom stereocenters. The Morgan fingerprint density at radius 3 is 2.20 bits per heavy atom. The number of hydrogen-bond donors (Lipinski definition) is 2. The number of halogens is 1. The van der Waals surface area contributed by atoms with Crippen molar-refractivity contribution >= 4 is 52.2 Å². The number of amides is 2. The molecule has 0 aromatic heterocycles. The van der Waals surface area contributed by atoms with Crippen LogP contribution in [0.15, 0.2) is 77.7 Å². The Morgan fingerprint density at radius 2 is 1.57 bits per heavy atom. The van der Waals surface area contributed by atoms with Crippen molar-refractivity contribution in [1.82, 2.24) is 0 Å². The summed E-state index contributed by atoms with van der Waals surface area (Å²) in [6.07, 6.45) is 0. The third kappa shape index (κ3) is 6.07. The van der Waals surface area contributed by atoms with E-state index in [-0.39, 0.29) is 23.3 Å². The van der Waals surface area contributed by atoms with Gasteiger partial charge in [0.25, 0.3) is 11.6 Å². The lowest BCUT2D eigenvalue weighted by atomic mass is 10.2. The number of non-ortho nitro benzene ring substituents is 1. The predicted molar refractivity (Wildman–Crippen MR) is 118 cm³/mol. The van der Waals surface area contributed by atoms with Gasteiger partial charge in [0.1, 0.15) is 0 Å². The molecule has 0 atom stereocenters. The van der Waals surface area contributed by atoms with Gasteiger partial charge in [0.15, 0.2) is 0 Å². The van der Waals surface area contributed by atoms with Crippen LogP contribution in [0.4, 0.5) is 17.1 Å². The Kier molecular flexibility index (Phi) is 7.05. The van der Waals surface area contributed by atoms with E-state index in [4.69, 9.17) is 11.6 Å². The number of rotatable bonds is 7. The van der Waals surface area contributed by atoms with Gasteiger partial charge < -0.3 is 10.6 Å². The third-order valence-corrected chi connectivity index (χ3v) is 5.18. The molecule has 3 aromatic rings. The zero-order chi connectivity index (χ0) is 21.5. The molecule has 7 nitrogen and oxygen atoms in total. The van der Waals surface area contributed by atoms with Crippen molar-refractivity contribution in [3.8, 4) is 0 Å². The quantitative estimate of drug-likeness (QED) is 0.297. The van der Waals surface area contributed by atoms with E-state index < -0.39 is 4.92 Å². The first-order valence-corrected chi connectivity index (χ1v) is 10.1. The van der Waals surface area contributed by atoms with Gasteiger partial charge in [-0.1, -0.05) is 17.7 Å². The predicted octanol–water partition coefficient (Wildman–Crippen LogP) is 5.23. The minimum Gasteiger partial charge on any atom is -0.325 e. The summed E-state index contributed by atoms with van der Waals surface area (Å²) in [4.78, 5) is 35.3. The first-order valence-electron chi connectivity index (χ1n) is 8.75. The fraction of sp³-hybridized carbons (Fsp3) is 0.0476. The van der Waals surface area contributed by atoms with Crippen LogP contribution in [-0.4, -0.2) is 22.5 Å². The Hall–Kier alpha value is -3.36. The van der Waals surface area contributed by atoms with Crippen LogP contribution < -0.4 is 10.6 Å². The van der Waals surface area contributed by atoms with Gasteiger partial charge in [0.05, 0.1) is 10.7 Å². The van der Waals surface area contributed by atoms with Crippen LogP contribution in [0.2, 0.25) is 5.02 Å². The molecule has 0 spiro atoms. The molecule has 0 aliphatic carbocycles. The van der Waals surface area contributed by atoms with Crippen LogP contribution in [0.1, 0.15) is 10.4 Å². The van der Waals surface area contributed by atoms with Gasteiger partial charge >= 0.3 is 0 Å². The van der Waals surface area contributed by atoms with Gasteiger partial charge in [-0.3, -0.25) is 19.7 Å². The summed E-state index contributed by atoms with van der Waals surface area (Å²) in [5.74, 6) is -0.321. The molecule has 2 amide bonds. The molecule has 0 bridgehead atoms. The molecule has 3 rings (SSSR count). The Bertz CT molecular complexity index is 1070. The molecule has 9 heteroatoms. The molecule has 0 saturated heterocycles. The van der Waals surface area contributed by atoms with Crippen molar-refractivity contribution in [3.63, 3.8) is 0 Å². The van der Waals surface area contributed by atoms with Crippen molar-refractivity contribution in [2.75, 3.05) is 16.4 Å². The lowest BCUT2D eigenvalue weighted by Gasteiger charge is -2.08. The van der Waals surface area contributed by atoms with Crippen molar-refractivity contribution in [2.45, 2.75) is 4.90 Å². The van der Waals surface area contributed by atoms with Gasteiger partial charge in [-0.25, -0.2) is 0 Å². The van der Waals surface area contributed by atoms with E-state index in [1.165, 1.54) is 36.0 Å². The van der Waals surface area contributed by atoms with E-state index in [0.717, 1.165) is 4.90 Å². The first kappa shape index (κ1) is 21.4. The van der Waals surface area contributed by atoms with Crippen LogP contribution >= 0.6 is 23.4 Å². The van der Waals surface area contributed by atoms with E-state index in [9.17, 15) is 19.7 Å². The summed E-state index contributed by atoms with van der Waals surface area (Å²) in [6, 6.07) is 19.4. The zero-order valence-electron chi connectivity index (χ0n) is 15.5. The topological polar surface area (TPSA) is 101 Å². The van der Waals surface area contributed by atoms with E-state index in [2.05, 4.69) is 10.6 Å². The number of benzene rings is 3. The van der Waals surface area contributed by atoms with Crippen LogP contribution in [-0.2, 0) is 4.79 Å². The summed E-state index contributed by atoms with van der Waals surface area (Å²) in [5.41, 5.74) is 1.54. The van der Waals surface area contributed by atoms with Crippen LogP contribution in [0.5, 0.6) is 0 Å². The molecule has 2 N–H and O–H groups in total. The summed E-state index contributed by atoms with van der Waals surface area (Å²) >= 11 is 7.23. The highest BCUT2D eigenvalue weighted by Gasteiger charge is 2.09. The highest BCUT2D eigenvalue weighted by Crippen LogP contribution is 2.22. The number of nitrogens with zero attached hydrogens (tertiary/aromatic N) is 1. The fourth-order valence-corrected chi connectivity index (χ4v) is 3.37. The molecule has 3 aromatic carbocycles. The number of carbonyl (C=O) groups is 2. The number of nitrogens with one attached hydrogen (secondary N) is 2. The van der Waals surface area contributed by atoms with E-state index in [1.807, 2.05) is 0 Å². The fourth-order valence-electron chi connectivity index (χ4n) is 2.48. The third-order valence-electron chi connectivity index (χ3n) is 3.93. The van der Waals surface area contributed by atoms with Gasteiger partial charge in [-0.05, 0) is 54.6 Å². The maximum Gasteiger partial charge on any atom is 0.269 e. The largest absolute Gasteiger partial charge is 0.325 e. The van der Waals surface area contributed by atoms with Crippen LogP contribution in [0.25, 0.3) is 0 Å². The lowest BCUT2D eigenvalue weighted by Crippen LogP contribution is -2.14. The summed E-state index contributed by atoms with van der Waals surface area (Å²) in [7, 11) is 0. The second kappa shape index (κ2) is 9.91. The number of anilines is 2. The second-order valence-corrected chi connectivity index (χ2v) is 7.61. The average Bonchev–Trinajstić information content (AvgIpc) is 2.73. The number of nitro benzene ring substituents is 1.